The molecule has 0 aromatic carbocycles. The van der Waals surface area contributed by atoms with E-state index in [0.29, 0.717) is 5.02 Å². The quantitative estimate of drug-likeness (QED) is 0.823. The van der Waals surface area contributed by atoms with Crippen molar-refractivity contribution in [3.8, 4) is 0 Å². The highest BCUT2D eigenvalue weighted by Crippen LogP contribution is 2.39. The molecule has 1 aliphatic rings. The van der Waals surface area contributed by atoms with Gasteiger partial charge in [-0.1, -0.05) is 11.6 Å². The molecule has 1 saturated heterocycles. The molecule has 1 atom stereocenters. The third kappa shape index (κ3) is 2.36. The summed E-state index contributed by atoms with van der Waals surface area (Å²) in [5.41, 5.74) is -0.698. The maximum Gasteiger partial charge on any atom is 0.101 e. The average molecular weight is 246 g/mol. The highest BCUT2D eigenvalue weighted by molar-refractivity contribution is 7.10. The fourth-order valence-corrected chi connectivity index (χ4v) is 3.50. The zero-order valence-corrected chi connectivity index (χ0v) is 10.4. The van der Waals surface area contributed by atoms with E-state index in [1.54, 1.807) is 11.3 Å². The van der Waals surface area contributed by atoms with E-state index in [1.807, 2.05) is 11.4 Å². The van der Waals surface area contributed by atoms with Crippen molar-refractivity contribution in [3.05, 3.63) is 21.3 Å². The highest BCUT2D eigenvalue weighted by atomic mass is 35.5. The third-order valence-electron chi connectivity index (χ3n) is 3.08. The monoisotopic (exact) mass is 245 g/mol. The summed E-state index contributed by atoms with van der Waals surface area (Å²) >= 11 is 7.65. The molecule has 1 aliphatic heterocycles. The molecule has 1 fully saturated rings. The molecule has 0 amide bonds. The molecule has 84 valence electrons. The van der Waals surface area contributed by atoms with Gasteiger partial charge in [-0.05, 0) is 44.3 Å². The molecule has 15 heavy (non-hydrogen) atoms. The number of halogens is 1. The molecule has 1 aromatic rings. The van der Waals surface area contributed by atoms with Gasteiger partial charge in [0.05, 0.1) is 9.90 Å². The van der Waals surface area contributed by atoms with Gasteiger partial charge in [0, 0.05) is 6.54 Å². The van der Waals surface area contributed by atoms with Crippen LogP contribution in [0.15, 0.2) is 11.4 Å². The summed E-state index contributed by atoms with van der Waals surface area (Å²) in [6.07, 6.45) is 2.63. The first-order valence-corrected chi connectivity index (χ1v) is 6.52. The maximum absolute atomic E-state index is 10.6. The highest BCUT2D eigenvalue weighted by Gasteiger charge is 2.33. The minimum Gasteiger partial charge on any atom is -0.384 e. The predicted octanol–water partition coefficient (Wildman–Crippen LogP) is 2.70. The molecule has 1 N–H and O–H groups in total. The van der Waals surface area contributed by atoms with E-state index >= 15 is 0 Å². The second-order valence-electron chi connectivity index (χ2n) is 4.29. The number of nitrogens with zero attached hydrogens (tertiary/aromatic N) is 1. The summed E-state index contributed by atoms with van der Waals surface area (Å²) in [6, 6.07) is 1.87. The first kappa shape index (κ1) is 11.4. The lowest BCUT2D eigenvalue weighted by atomic mass is 9.93. The Morgan fingerprint density at radius 1 is 1.47 bits per heavy atom. The van der Waals surface area contributed by atoms with E-state index < -0.39 is 5.60 Å². The van der Waals surface area contributed by atoms with E-state index in [4.69, 9.17) is 11.6 Å². The van der Waals surface area contributed by atoms with Crippen LogP contribution in [0.1, 0.15) is 24.1 Å². The molecule has 0 spiro atoms. The van der Waals surface area contributed by atoms with E-state index in [2.05, 4.69) is 11.9 Å². The molecular weight excluding hydrogens is 230 g/mol. The van der Waals surface area contributed by atoms with Crippen LogP contribution >= 0.6 is 22.9 Å². The Balaban J connectivity index is 2.22. The summed E-state index contributed by atoms with van der Waals surface area (Å²) in [7, 11) is 2.10. The summed E-state index contributed by atoms with van der Waals surface area (Å²) < 4.78 is 0. The van der Waals surface area contributed by atoms with Crippen LogP contribution in [-0.2, 0) is 5.60 Å². The maximum atomic E-state index is 10.6. The van der Waals surface area contributed by atoms with Crippen LogP contribution in [0, 0.1) is 0 Å². The molecule has 4 heteroatoms. The molecule has 2 rings (SSSR count). The Labute approximate surface area is 99.5 Å². The van der Waals surface area contributed by atoms with Crippen LogP contribution in [-0.4, -0.2) is 30.1 Å². The lowest BCUT2D eigenvalue weighted by Crippen LogP contribution is -2.27. The molecule has 0 aliphatic carbocycles. The molecular formula is C11H16ClNOS. The fourth-order valence-electron chi connectivity index (χ4n) is 2.11. The van der Waals surface area contributed by atoms with E-state index in [0.717, 1.165) is 37.2 Å². The number of likely N-dealkylation sites (tertiary alicyclic amines) is 1. The van der Waals surface area contributed by atoms with E-state index in [1.165, 1.54) is 0 Å². The van der Waals surface area contributed by atoms with Crippen LogP contribution in [0.25, 0.3) is 0 Å². The first-order chi connectivity index (χ1) is 7.12. The molecule has 0 bridgehead atoms. The van der Waals surface area contributed by atoms with Crippen molar-refractivity contribution in [2.45, 2.75) is 24.9 Å². The third-order valence-corrected chi connectivity index (χ3v) is 4.61. The number of rotatable bonds is 1. The van der Waals surface area contributed by atoms with Crippen molar-refractivity contribution in [2.75, 3.05) is 20.1 Å². The van der Waals surface area contributed by atoms with Crippen LogP contribution in [0.2, 0.25) is 5.02 Å². The number of aliphatic hydroxyl groups is 1. The van der Waals surface area contributed by atoms with Gasteiger partial charge in [0.1, 0.15) is 5.60 Å². The topological polar surface area (TPSA) is 23.5 Å². The lowest BCUT2D eigenvalue weighted by Gasteiger charge is -2.25. The van der Waals surface area contributed by atoms with Crippen molar-refractivity contribution in [2.24, 2.45) is 0 Å². The standard InChI is InChI=1S/C11H16ClNOS/c1-13-6-2-4-11(14,5-7-13)10-9(12)3-8-15-10/h3,8,14H,2,4-7H2,1H3. The number of thiophene rings is 1. The Kier molecular flexibility index (Phi) is 3.36. The van der Waals surface area contributed by atoms with Crippen LogP contribution < -0.4 is 0 Å². The Hall–Kier alpha value is -0.0900. The van der Waals surface area contributed by atoms with Gasteiger partial charge in [-0.2, -0.15) is 0 Å². The van der Waals surface area contributed by atoms with Gasteiger partial charge in [-0.25, -0.2) is 0 Å². The van der Waals surface area contributed by atoms with Crippen molar-refractivity contribution in [3.63, 3.8) is 0 Å². The van der Waals surface area contributed by atoms with Gasteiger partial charge in [-0.3, -0.25) is 0 Å². The van der Waals surface area contributed by atoms with Crippen LogP contribution in [0.3, 0.4) is 0 Å². The second kappa shape index (κ2) is 4.42. The van der Waals surface area contributed by atoms with Crippen molar-refractivity contribution >= 4 is 22.9 Å². The van der Waals surface area contributed by atoms with Gasteiger partial charge in [0.2, 0.25) is 0 Å². The molecule has 2 nitrogen and oxygen atoms in total. The van der Waals surface area contributed by atoms with Gasteiger partial charge in [0.25, 0.3) is 0 Å². The zero-order valence-electron chi connectivity index (χ0n) is 8.87. The summed E-state index contributed by atoms with van der Waals surface area (Å²) in [5, 5.41) is 13.3. The molecule has 0 radical (unpaired) electrons. The Morgan fingerprint density at radius 3 is 2.93 bits per heavy atom. The Bertz CT molecular complexity index is 341. The van der Waals surface area contributed by atoms with Crippen LogP contribution in [0.4, 0.5) is 0 Å². The van der Waals surface area contributed by atoms with Gasteiger partial charge in [-0.15, -0.1) is 11.3 Å². The first-order valence-electron chi connectivity index (χ1n) is 5.26. The van der Waals surface area contributed by atoms with Gasteiger partial charge >= 0.3 is 0 Å². The normalized spacial score (nSPS) is 29.0. The number of hydrogen-bond acceptors (Lipinski definition) is 3. The van der Waals surface area contributed by atoms with Crippen molar-refractivity contribution in [1.82, 2.24) is 4.90 Å². The van der Waals surface area contributed by atoms with Gasteiger partial charge < -0.3 is 10.0 Å². The number of hydrogen-bond donors (Lipinski definition) is 1. The summed E-state index contributed by atoms with van der Waals surface area (Å²) in [6.45, 7) is 2.00. The molecule has 1 aromatic heterocycles. The fraction of sp³-hybridized carbons (Fsp3) is 0.636. The zero-order chi connectivity index (χ0) is 10.9. The largest absolute Gasteiger partial charge is 0.384 e. The molecule has 1 unspecified atom stereocenters. The smallest absolute Gasteiger partial charge is 0.101 e. The molecule has 2 heterocycles. The second-order valence-corrected chi connectivity index (χ2v) is 5.61. The minimum absolute atomic E-state index is 0.698. The van der Waals surface area contributed by atoms with E-state index in [9.17, 15) is 5.11 Å². The Morgan fingerprint density at radius 2 is 2.27 bits per heavy atom. The van der Waals surface area contributed by atoms with Crippen LogP contribution in [0.5, 0.6) is 0 Å². The summed E-state index contributed by atoms with van der Waals surface area (Å²) in [5.74, 6) is 0. The van der Waals surface area contributed by atoms with E-state index in [-0.39, 0.29) is 0 Å². The lowest BCUT2D eigenvalue weighted by molar-refractivity contribution is 0.0256. The predicted molar refractivity (Wildman–Crippen MR) is 64.6 cm³/mol. The average Bonchev–Trinajstić information content (AvgIpc) is 2.55. The van der Waals surface area contributed by atoms with Gasteiger partial charge in [0.15, 0.2) is 0 Å². The SMILES string of the molecule is CN1CCCC(O)(c2sccc2Cl)CC1. The van der Waals surface area contributed by atoms with Crippen molar-refractivity contribution < 1.29 is 5.11 Å². The van der Waals surface area contributed by atoms with Crippen molar-refractivity contribution in [1.29, 1.82) is 0 Å². The molecule has 0 saturated carbocycles. The summed E-state index contributed by atoms with van der Waals surface area (Å²) in [4.78, 5) is 3.21. The minimum atomic E-state index is -0.698.